The number of benzene rings is 1. The van der Waals surface area contributed by atoms with E-state index in [0.29, 0.717) is 10.6 Å². The number of ketones is 1. The van der Waals surface area contributed by atoms with Crippen molar-refractivity contribution in [2.24, 2.45) is 0 Å². The van der Waals surface area contributed by atoms with Crippen LogP contribution in [-0.2, 0) is 38.3 Å². The van der Waals surface area contributed by atoms with Crippen molar-refractivity contribution in [2.75, 3.05) is 19.7 Å². The van der Waals surface area contributed by atoms with Crippen LogP contribution in [0.25, 0.3) is 0 Å². The molecule has 4 amide bonds. The third kappa shape index (κ3) is 9.47. The lowest BCUT2D eigenvalue weighted by molar-refractivity contribution is -0.199. The van der Waals surface area contributed by atoms with Gasteiger partial charge in [0.05, 0.1) is 13.0 Å². The fourth-order valence-corrected chi connectivity index (χ4v) is 4.79. The quantitative estimate of drug-likeness (QED) is 0.193. The van der Waals surface area contributed by atoms with Crippen LogP contribution < -0.4 is 10.6 Å². The smallest absolute Gasteiger partial charge is 0.355 e. The molecule has 0 spiro atoms. The van der Waals surface area contributed by atoms with Crippen LogP contribution in [0.4, 0.5) is 0 Å². The molecular formula is C29H38N4O9. The second kappa shape index (κ2) is 15.2. The second-order valence-corrected chi connectivity index (χ2v) is 10.7. The topological polar surface area (TPSA) is 168 Å². The summed E-state index contributed by atoms with van der Waals surface area (Å²) < 4.78 is 5.01. The summed E-state index contributed by atoms with van der Waals surface area (Å²) in [5.74, 6) is -5.09. The number of aryl methyl sites for hydroxylation is 1. The van der Waals surface area contributed by atoms with E-state index in [9.17, 15) is 33.6 Å². The van der Waals surface area contributed by atoms with Gasteiger partial charge in [0.25, 0.3) is 11.8 Å². The molecule has 3 atom stereocenters. The van der Waals surface area contributed by atoms with Crippen LogP contribution >= 0.6 is 0 Å². The Labute approximate surface area is 244 Å². The van der Waals surface area contributed by atoms with Gasteiger partial charge >= 0.3 is 11.9 Å². The molecule has 0 bridgehead atoms. The van der Waals surface area contributed by atoms with Gasteiger partial charge in [0, 0.05) is 43.5 Å². The molecule has 2 heterocycles. The number of amides is 4. The van der Waals surface area contributed by atoms with Crippen LogP contribution in [0.15, 0.2) is 24.3 Å². The number of ether oxygens (including phenoxy) is 1. The number of piperidine rings is 1. The van der Waals surface area contributed by atoms with Gasteiger partial charge in [-0.3, -0.25) is 33.7 Å². The second-order valence-electron chi connectivity index (χ2n) is 10.7. The van der Waals surface area contributed by atoms with Crippen molar-refractivity contribution in [3.05, 3.63) is 35.4 Å². The van der Waals surface area contributed by atoms with E-state index in [0.717, 1.165) is 24.8 Å². The molecule has 2 aliphatic heterocycles. The molecule has 2 fully saturated rings. The van der Waals surface area contributed by atoms with Gasteiger partial charge in [-0.1, -0.05) is 36.2 Å². The van der Waals surface area contributed by atoms with Crippen molar-refractivity contribution in [1.29, 1.82) is 0 Å². The molecule has 2 N–H and O–H groups in total. The summed E-state index contributed by atoms with van der Waals surface area (Å²) in [4.78, 5) is 93.4. The summed E-state index contributed by atoms with van der Waals surface area (Å²) in [6, 6.07) is 5.56. The Balaban J connectivity index is 1.53. The lowest BCUT2D eigenvalue weighted by Crippen LogP contribution is -2.49. The summed E-state index contributed by atoms with van der Waals surface area (Å²) in [5.41, 5.74) is 1.27. The third-order valence-corrected chi connectivity index (χ3v) is 7.29. The molecule has 0 saturated carbocycles. The van der Waals surface area contributed by atoms with Crippen molar-refractivity contribution in [3.63, 3.8) is 0 Å². The number of likely N-dealkylation sites (tertiary alicyclic amines) is 1. The largest absolute Gasteiger partial charge is 0.457 e. The fraction of sp³-hybridized carbons (Fsp3) is 0.552. The molecule has 0 aliphatic carbocycles. The van der Waals surface area contributed by atoms with Gasteiger partial charge in [0.1, 0.15) is 6.04 Å². The zero-order chi connectivity index (χ0) is 30.8. The van der Waals surface area contributed by atoms with Gasteiger partial charge in [-0.15, -0.1) is 5.06 Å². The summed E-state index contributed by atoms with van der Waals surface area (Å²) >= 11 is 0. The number of hydrogen-bond donors (Lipinski definition) is 2. The third-order valence-electron chi connectivity index (χ3n) is 7.29. The number of nitrogens with zero attached hydrogens (tertiary/aromatic N) is 2. The maximum atomic E-state index is 12.8. The van der Waals surface area contributed by atoms with Gasteiger partial charge in [0.15, 0.2) is 12.4 Å². The Morgan fingerprint density at radius 2 is 1.57 bits per heavy atom. The van der Waals surface area contributed by atoms with Crippen LogP contribution in [-0.4, -0.2) is 89.1 Å². The summed E-state index contributed by atoms with van der Waals surface area (Å²) in [5, 5.41) is 5.32. The number of esters is 1. The predicted molar refractivity (Wildman–Crippen MR) is 147 cm³/mol. The van der Waals surface area contributed by atoms with Crippen LogP contribution in [0.3, 0.4) is 0 Å². The average Bonchev–Trinajstić information content (AvgIpc) is 3.26. The highest BCUT2D eigenvalue weighted by Crippen LogP contribution is 2.21. The number of nitrogens with one attached hydrogen (secondary N) is 2. The Hall–Kier alpha value is -4.13. The Kier molecular flexibility index (Phi) is 11.7. The molecule has 1 aromatic carbocycles. The highest BCUT2D eigenvalue weighted by molar-refractivity contribution is 6.02. The number of rotatable bonds is 13. The molecule has 13 heteroatoms. The number of hydrogen-bond acceptors (Lipinski definition) is 10. The molecular weight excluding hydrogens is 548 g/mol. The molecule has 2 aliphatic rings. The van der Waals surface area contributed by atoms with E-state index in [2.05, 4.69) is 29.4 Å². The molecule has 13 nitrogen and oxygen atoms in total. The monoisotopic (exact) mass is 586 g/mol. The summed E-state index contributed by atoms with van der Waals surface area (Å²) in [6.07, 6.45) is 1.91. The van der Waals surface area contributed by atoms with Gasteiger partial charge < -0.3 is 20.2 Å². The normalized spacial score (nSPS) is 19.6. The first-order valence-electron chi connectivity index (χ1n) is 14.1. The minimum atomic E-state index is -1.62. The Morgan fingerprint density at radius 3 is 2.19 bits per heavy atom. The van der Waals surface area contributed by atoms with E-state index < -0.39 is 54.5 Å². The lowest BCUT2D eigenvalue weighted by Gasteiger charge is -2.38. The summed E-state index contributed by atoms with van der Waals surface area (Å²) in [6.45, 7) is 5.58. The van der Waals surface area contributed by atoms with Crippen LogP contribution in [0.1, 0.15) is 74.7 Å². The van der Waals surface area contributed by atoms with E-state index in [1.165, 1.54) is 0 Å². The van der Waals surface area contributed by atoms with E-state index >= 15 is 0 Å². The van der Waals surface area contributed by atoms with E-state index in [1.807, 2.05) is 6.92 Å². The molecule has 0 aromatic heterocycles. The van der Waals surface area contributed by atoms with E-state index in [1.54, 1.807) is 24.3 Å². The Morgan fingerprint density at radius 1 is 0.952 bits per heavy atom. The molecule has 2 saturated heterocycles. The molecule has 1 aromatic rings. The van der Waals surface area contributed by atoms with Crippen LogP contribution in [0, 0.1) is 6.92 Å². The molecule has 42 heavy (non-hydrogen) atoms. The molecule has 3 unspecified atom stereocenters. The average molecular weight is 587 g/mol. The highest BCUT2D eigenvalue weighted by atomic mass is 16.7. The predicted octanol–water partition coefficient (Wildman–Crippen LogP) is 0.972. The van der Waals surface area contributed by atoms with Gasteiger partial charge in [-0.05, 0) is 33.6 Å². The molecule has 3 rings (SSSR count). The van der Waals surface area contributed by atoms with Gasteiger partial charge in [0.2, 0.25) is 11.8 Å². The number of imide groups is 1. The first-order valence-corrected chi connectivity index (χ1v) is 14.1. The Bertz CT molecular complexity index is 1170. The number of Topliss-reactive ketones (excluding diaryl/α,β-unsaturated/α-hetero) is 1. The number of carbonyl (C=O) groups excluding carboxylic acids is 7. The van der Waals surface area contributed by atoms with Gasteiger partial charge in [-0.25, -0.2) is 4.79 Å². The summed E-state index contributed by atoms with van der Waals surface area (Å²) in [7, 11) is 0. The van der Waals surface area contributed by atoms with Crippen molar-refractivity contribution in [1.82, 2.24) is 20.6 Å². The van der Waals surface area contributed by atoms with Crippen LogP contribution in [0.2, 0.25) is 0 Å². The van der Waals surface area contributed by atoms with Gasteiger partial charge in [-0.2, -0.15) is 0 Å². The van der Waals surface area contributed by atoms with Crippen molar-refractivity contribution >= 4 is 41.4 Å². The number of carbonyl (C=O) groups is 7. The highest BCUT2D eigenvalue weighted by Gasteiger charge is 2.36. The van der Waals surface area contributed by atoms with E-state index in [4.69, 9.17) is 9.57 Å². The van der Waals surface area contributed by atoms with Crippen LogP contribution in [0.5, 0.6) is 0 Å². The first-order chi connectivity index (χ1) is 19.9. The zero-order valence-electron chi connectivity index (χ0n) is 24.2. The maximum Gasteiger partial charge on any atom is 0.355 e. The van der Waals surface area contributed by atoms with E-state index in [-0.39, 0.29) is 50.3 Å². The zero-order valence-corrected chi connectivity index (χ0v) is 24.2. The van der Waals surface area contributed by atoms with Crippen molar-refractivity contribution in [3.8, 4) is 0 Å². The van der Waals surface area contributed by atoms with Crippen molar-refractivity contribution in [2.45, 2.75) is 83.8 Å². The molecule has 228 valence electrons. The maximum absolute atomic E-state index is 12.8. The standard InChI is InChI=1S/C29H38N4O9/c1-18-7-9-21(10-8-18)23(34)17-41-28(39)15-22(29(40)42-33-26(37)11-12-27(33)38)31-24(35)13-14-30-25(36)16-32-19(2)5-4-6-20(32)3/h7-10,19-20,22H,4-6,11-17H2,1-3H3,(H,30,36)(H,31,35). The SMILES string of the molecule is Cc1ccc(C(=O)COC(=O)CC(NC(=O)CCNC(=O)CN2C(C)CCCC2C)C(=O)ON2C(=O)CCC2=O)cc1. The lowest BCUT2D eigenvalue weighted by atomic mass is 9.97. The first kappa shape index (κ1) is 32.4. The number of hydroxylamine groups is 2. The fourth-order valence-electron chi connectivity index (χ4n) is 4.79. The molecule has 0 radical (unpaired) electrons. The van der Waals surface area contributed by atoms with Crippen molar-refractivity contribution < 1.29 is 43.1 Å². The minimum Gasteiger partial charge on any atom is -0.457 e. The minimum absolute atomic E-state index is 0.0262.